The number of carbonyl (C=O) groups excluding carboxylic acids is 1. The highest BCUT2D eigenvalue weighted by molar-refractivity contribution is 7.92. The number of anilines is 14. The summed E-state index contributed by atoms with van der Waals surface area (Å²) >= 11 is 19.2. The predicted octanol–water partition coefficient (Wildman–Crippen LogP) is 17.3. The number of aromatic nitrogens is 6. The summed E-state index contributed by atoms with van der Waals surface area (Å²) in [5, 5.41) is 21.9. The number of nitrogens with one attached hydrogen (secondary N) is 6. The van der Waals surface area contributed by atoms with Crippen molar-refractivity contribution in [2.45, 2.75) is 121 Å². The number of benzene rings is 6. The van der Waals surface area contributed by atoms with Crippen LogP contribution in [-0.4, -0.2) is 208 Å². The van der Waals surface area contributed by atoms with Gasteiger partial charge in [0.25, 0.3) is 0 Å². The molecule has 0 radical (unpaired) electrons. The highest BCUT2D eigenvalue weighted by Crippen LogP contribution is 2.48. The Morgan fingerprint density at radius 2 is 0.892 bits per heavy atom. The van der Waals surface area contributed by atoms with E-state index in [4.69, 9.17) is 54.7 Å². The SMILES string of the molecule is CC(C)Oc1cc(N2CCC(N3CCCC3)CC2)ccc1Nc1ncc(Cl)c(Nc2ccccc2P(C)(C)=O)n1.CCCP(=O)(CCC)c1ccc(Nc2ncc(Cl)c(Nc3ccccc3S(=O)(=O)C(C)C)n2)c(OC)c1.COc1cc(N2CCC(N3CCN(C(=O)CN)CC3)CC2)ccc1Nc1ncc(Cl)c(Nc2ccccc2P(C)(C)=O)n1. The van der Waals surface area contributed by atoms with Crippen molar-refractivity contribution in [3.05, 3.63) is 161 Å². The molecule has 34 heteroatoms. The molecule has 644 valence electrons. The van der Waals surface area contributed by atoms with Crippen LogP contribution in [0.2, 0.25) is 15.1 Å². The summed E-state index contributed by atoms with van der Waals surface area (Å²) in [5.41, 5.74) is 11.7. The van der Waals surface area contributed by atoms with Gasteiger partial charge >= 0.3 is 0 Å². The van der Waals surface area contributed by atoms with Gasteiger partial charge in [-0.15, -0.1) is 0 Å². The van der Waals surface area contributed by atoms with Crippen LogP contribution in [0.3, 0.4) is 0 Å². The van der Waals surface area contributed by atoms with Crippen LogP contribution in [0.1, 0.15) is 92.9 Å². The zero-order chi connectivity index (χ0) is 86.1. The van der Waals surface area contributed by atoms with E-state index < -0.39 is 36.5 Å². The summed E-state index contributed by atoms with van der Waals surface area (Å²) in [5.74, 6) is 4.04. The first kappa shape index (κ1) is 92.0. The molecule has 120 heavy (non-hydrogen) atoms. The second kappa shape index (κ2) is 41.9. The van der Waals surface area contributed by atoms with Crippen molar-refractivity contribution in [1.29, 1.82) is 0 Å². The van der Waals surface area contributed by atoms with E-state index in [1.54, 1.807) is 85.2 Å². The molecule has 27 nitrogen and oxygen atoms in total. The Kier molecular flexibility index (Phi) is 32.1. The van der Waals surface area contributed by atoms with Gasteiger partial charge in [0.2, 0.25) is 23.8 Å². The number of amides is 1. The van der Waals surface area contributed by atoms with E-state index in [9.17, 15) is 26.9 Å². The number of carbonyl (C=O) groups is 1. The number of nitrogens with zero attached hydrogens (tertiary/aromatic N) is 11. The van der Waals surface area contributed by atoms with Gasteiger partial charge in [-0.2, -0.15) is 15.0 Å². The third-order valence-electron chi connectivity index (χ3n) is 21.5. The number of piperazine rings is 1. The van der Waals surface area contributed by atoms with E-state index >= 15 is 0 Å². The molecule has 4 saturated heterocycles. The third kappa shape index (κ3) is 23.9. The molecule has 6 aromatic carbocycles. The van der Waals surface area contributed by atoms with Crippen molar-refractivity contribution in [2.75, 3.05) is 167 Å². The molecule has 4 fully saturated rings. The van der Waals surface area contributed by atoms with Crippen LogP contribution in [-0.2, 0) is 28.3 Å². The Morgan fingerprint density at radius 3 is 1.31 bits per heavy atom. The first-order valence-electron chi connectivity index (χ1n) is 40.9. The van der Waals surface area contributed by atoms with Gasteiger partial charge in [-0.05, 0) is 198 Å². The van der Waals surface area contributed by atoms with Crippen LogP contribution in [0, 0.1) is 0 Å². The van der Waals surface area contributed by atoms with Gasteiger partial charge in [0, 0.05) is 116 Å². The fraction of sp³-hybridized carbons (Fsp3) is 0.430. The van der Waals surface area contributed by atoms with Crippen molar-refractivity contribution < 1.29 is 41.1 Å². The topological polar surface area (TPSA) is 322 Å². The number of likely N-dealkylation sites (tertiary alicyclic amines) is 1. The van der Waals surface area contributed by atoms with Crippen LogP contribution in [0.15, 0.2) is 151 Å². The number of sulfone groups is 1. The molecule has 7 heterocycles. The zero-order valence-corrected chi connectivity index (χ0v) is 76.3. The molecule has 4 aliphatic heterocycles. The number of ether oxygens (including phenoxy) is 3. The van der Waals surface area contributed by atoms with Crippen molar-refractivity contribution in [1.82, 2.24) is 44.6 Å². The molecular weight excluding hydrogens is 1660 g/mol. The number of rotatable bonds is 30. The normalized spacial score (nSPS) is 15.3. The number of methoxy groups -OCH3 is 2. The fourth-order valence-corrected chi connectivity index (χ4v) is 22.1. The maximum atomic E-state index is 13.6. The van der Waals surface area contributed by atoms with Crippen LogP contribution in [0.4, 0.5) is 80.8 Å². The molecule has 0 unspecified atom stereocenters. The molecule has 3 aromatic heterocycles. The Balaban J connectivity index is 0.000000177. The molecule has 8 N–H and O–H groups in total. The van der Waals surface area contributed by atoms with Crippen molar-refractivity contribution in [3.63, 3.8) is 0 Å². The number of hydrogen-bond donors (Lipinski definition) is 7. The van der Waals surface area contributed by atoms with E-state index in [1.807, 2.05) is 118 Å². The van der Waals surface area contributed by atoms with Crippen LogP contribution in [0.5, 0.6) is 17.2 Å². The smallest absolute Gasteiger partial charge is 0.236 e. The summed E-state index contributed by atoms with van der Waals surface area (Å²) in [7, 11) is -7.88. The lowest BCUT2D eigenvalue weighted by Crippen LogP contribution is -2.55. The molecule has 9 aromatic rings. The Morgan fingerprint density at radius 1 is 0.500 bits per heavy atom. The van der Waals surface area contributed by atoms with Gasteiger partial charge in [-0.3, -0.25) is 9.69 Å². The Labute approximate surface area is 721 Å². The molecule has 0 spiro atoms. The lowest BCUT2D eigenvalue weighted by molar-refractivity contribution is -0.131. The third-order valence-corrected chi connectivity index (χ3v) is 31.2. The Hall–Kier alpha value is -8.78. The van der Waals surface area contributed by atoms with Gasteiger partial charge < -0.3 is 85.1 Å². The van der Waals surface area contributed by atoms with E-state index in [0.29, 0.717) is 92.2 Å². The molecule has 0 aliphatic carbocycles. The second-order valence-electron chi connectivity index (χ2n) is 31.5. The number of hydrogen-bond acceptors (Lipinski definition) is 26. The fourth-order valence-electron chi connectivity index (χ4n) is 15.3. The Bertz CT molecular complexity index is 5260. The number of halogens is 3. The summed E-state index contributed by atoms with van der Waals surface area (Å²) in [4.78, 5) is 50.7. The molecule has 0 saturated carbocycles. The maximum Gasteiger partial charge on any atom is 0.236 e. The lowest BCUT2D eigenvalue weighted by atomic mass is 10.0. The first-order chi connectivity index (χ1) is 57.4. The van der Waals surface area contributed by atoms with Crippen LogP contribution >= 0.6 is 56.2 Å². The van der Waals surface area contributed by atoms with E-state index in [0.717, 1.165) is 117 Å². The van der Waals surface area contributed by atoms with Gasteiger partial charge in [0.05, 0.1) is 89.7 Å². The van der Waals surface area contributed by atoms with Gasteiger partial charge in [0.15, 0.2) is 27.3 Å². The minimum atomic E-state index is -3.54. The standard InChI is InChI=1S/C30H40ClN8O3P.C30H40ClN6O2P.C26H34ClN4O4PS/c1-42-26-18-22(37-12-10-21(11-13-37)38-14-16-39(17-15-38)28(40)19-32)8-9-24(26)35-30-33-20-23(31)29(36-30)34-25-6-4-5-7-27(25)43(2,3)41;1-21(2)39-27-19-23(37-17-13-22(14-18-37)36-15-7-8-16-36)11-12-25(27)34-30-32-20-24(31)29(35-30)33-26-9-5-6-10-28(26)40(3,4)38;1-6-14-36(32,15-7-2)19-12-13-21(23(16-19)35-5)30-26-28-17-20(27)25(31-26)29-22-10-8-9-11-24(22)37(33,34)18(3)4/h4-9,18,20-21H,10-17,19,32H2,1-3H3,(H2,33,34,35,36);5-6,9-12,19-22H,7-8,13-18H2,1-4H3,(H2,32,33,34,35);8-13,16-18H,6-7,14-15H2,1-5H3,(H2,28,29,30,31). The van der Waals surface area contributed by atoms with E-state index in [2.05, 4.69) is 99.6 Å². The minimum Gasteiger partial charge on any atom is -0.495 e. The number of piperidine rings is 2. The molecule has 4 aliphatic rings. The molecule has 0 bridgehead atoms. The average Bonchev–Trinajstić information content (AvgIpc) is 0.862. The molecule has 1 amide bonds. The van der Waals surface area contributed by atoms with Gasteiger partial charge in [-0.1, -0.05) is 85.0 Å². The summed E-state index contributed by atoms with van der Waals surface area (Å²) in [6.45, 7) is 28.2. The lowest BCUT2D eigenvalue weighted by Gasteiger charge is -2.43. The van der Waals surface area contributed by atoms with Crippen LogP contribution < -0.4 is 77.6 Å². The highest BCUT2D eigenvalue weighted by atomic mass is 35.5. The number of para-hydroxylation sites is 3. The maximum absolute atomic E-state index is 13.6. The minimum absolute atomic E-state index is 0.00958. The number of nitrogens with two attached hydrogens (primary N) is 1. The molecular formula is C86H114Cl3N18O9P3S. The quantitative estimate of drug-likeness (QED) is 0.0206. The van der Waals surface area contributed by atoms with Crippen molar-refractivity contribution >= 4 is 169 Å². The van der Waals surface area contributed by atoms with Crippen LogP contribution in [0.25, 0.3) is 0 Å². The van der Waals surface area contributed by atoms with Crippen molar-refractivity contribution in [2.24, 2.45) is 5.73 Å². The molecule has 13 rings (SSSR count). The largest absolute Gasteiger partial charge is 0.495 e. The summed E-state index contributed by atoms with van der Waals surface area (Å²) < 4.78 is 82.4. The van der Waals surface area contributed by atoms with Crippen molar-refractivity contribution in [3.8, 4) is 17.2 Å². The summed E-state index contributed by atoms with van der Waals surface area (Å²) in [6.07, 6.45) is 14.7. The highest BCUT2D eigenvalue weighted by Gasteiger charge is 2.32. The summed E-state index contributed by atoms with van der Waals surface area (Å²) in [6, 6.07) is 40.7. The first-order valence-corrected chi connectivity index (χ1v) is 50.9. The average molecular weight is 1780 g/mol. The van der Waals surface area contributed by atoms with Gasteiger partial charge in [-0.25, -0.2) is 23.4 Å². The second-order valence-corrected chi connectivity index (χ2v) is 44.8. The van der Waals surface area contributed by atoms with Gasteiger partial charge in [0.1, 0.15) is 53.7 Å². The monoisotopic (exact) mass is 1770 g/mol. The van der Waals surface area contributed by atoms with E-state index in [-0.39, 0.29) is 40.2 Å². The predicted molar refractivity (Wildman–Crippen MR) is 495 cm³/mol. The zero-order valence-electron chi connectivity index (χ0n) is 70.6. The molecule has 0 atom stereocenters. The van der Waals surface area contributed by atoms with E-state index in [1.165, 1.54) is 56.9 Å².